The molecule has 0 spiro atoms. The van der Waals surface area contributed by atoms with E-state index in [1.165, 1.54) is 89.9 Å². The lowest BCUT2D eigenvalue weighted by molar-refractivity contribution is -0.166. The maximum Gasteiger partial charge on any atom is 0.306 e. The molecule has 0 amide bonds. The van der Waals surface area contributed by atoms with E-state index in [2.05, 4.69) is 99.8 Å². The molecule has 0 aromatic carbocycles. The van der Waals surface area contributed by atoms with Crippen molar-refractivity contribution in [3.63, 3.8) is 0 Å². The minimum absolute atomic E-state index is 0.116. The summed E-state index contributed by atoms with van der Waals surface area (Å²) in [6.45, 7) is 6.38. The summed E-state index contributed by atoms with van der Waals surface area (Å²) in [5.74, 6) is -1.04. The molecule has 1 unspecified atom stereocenters. The molecule has 6 heteroatoms. The molecule has 0 aliphatic heterocycles. The zero-order chi connectivity index (χ0) is 43.7. The molecule has 0 N–H and O–H groups in total. The van der Waals surface area contributed by atoms with Crippen LogP contribution in [0.2, 0.25) is 0 Å². The first-order valence-corrected chi connectivity index (χ1v) is 24.6. The van der Waals surface area contributed by atoms with Crippen molar-refractivity contribution >= 4 is 17.9 Å². The molecule has 0 saturated heterocycles. The van der Waals surface area contributed by atoms with Gasteiger partial charge in [0.2, 0.25) is 0 Å². The number of carbonyl (C=O) groups is 3. The van der Waals surface area contributed by atoms with Crippen LogP contribution < -0.4 is 0 Å². The van der Waals surface area contributed by atoms with Gasteiger partial charge >= 0.3 is 17.9 Å². The molecule has 60 heavy (non-hydrogen) atoms. The van der Waals surface area contributed by atoms with Crippen LogP contribution in [0.1, 0.15) is 220 Å². The molecule has 0 rings (SSSR count). The summed E-state index contributed by atoms with van der Waals surface area (Å²) in [6, 6.07) is 0. The first-order valence-electron chi connectivity index (χ1n) is 24.6. The van der Waals surface area contributed by atoms with Gasteiger partial charge in [-0.2, -0.15) is 0 Å². The number of ether oxygens (including phenoxy) is 3. The highest BCUT2D eigenvalue weighted by Gasteiger charge is 2.19. The van der Waals surface area contributed by atoms with Crippen molar-refractivity contribution in [2.75, 3.05) is 13.2 Å². The summed E-state index contributed by atoms with van der Waals surface area (Å²) in [5, 5.41) is 0. The first-order chi connectivity index (χ1) is 29.5. The summed E-state index contributed by atoms with van der Waals surface area (Å²) >= 11 is 0. The molecule has 342 valence electrons. The molecule has 0 aromatic rings. The van der Waals surface area contributed by atoms with E-state index in [1.807, 2.05) is 6.08 Å². The van der Waals surface area contributed by atoms with Gasteiger partial charge in [-0.25, -0.2) is 0 Å². The summed E-state index contributed by atoms with van der Waals surface area (Å²) in [7, 11) is 0. The SMILES string of the molecule is CC/C=C\C/C=C\C/C=C\CCCCC(=O)OCC(COC(=O)CCCCCCCCC/C=C\C/C=C\CCCCC)OC(=O)CC/C=C\C/C=C\CCCCCCCC. The number of carbonyl (C=O) groups excluding carboxylic acids is 3. The van der Waals surface area contributed by atoms with Gasteiger partial charge in [0.15, 0.2) is 6.10 Å². The lowest BCUT2D eigenvalue weighted by Gasteiger charge is -2.18. The van der Waals surface area contributed by atoms with Gasteiger partial charge in [-0.05, 0) is 103 Å². The second-order valence-corrected chi connectivity index (χ2v) is 16.0. The zero-order valence-corrected chi connectivity index (χ0v) is 38.9. The number of hydrogen-bond acceptors (Lipinski definition) is 6. The second-order valence-electron chi connectivity index (χ2n) is 16.0. The van der Waals surface area contributed by atoms with Gasteiger partial charge in [0, 0.05) is 19.3 Å². The Morgan fingerprint density at radius 2 is 0.683 bits per heavy atom. The van der Waals surface area contributed by atoms with Crippen molar-refractivity contribution in [2.45, 2.75) is 226 Å². The third kappa shape index (κ3) is 45.7. The smallest absolute Gasteiger partial charge is 0.306 e. The fraction of sp³-hybridized carbons (Fsp3) is 0.685. The van der Waals surface area contributed by atoms with Gasteiger partial charge in [-0.1, -0.05) is 183 Å². The molecule has 6 nitrogen and oxygen atoms in total. The molecule has 1 atom stereocenters. The molecule has 0 aliphatic carbocycles. The minimum Gasteiger partial charge on any atom is -0.462 e. The quantitative estimate of drug-likeness (QED) is 0.0263. The Balaban J connectivity index is 4.49. The number of esters is 3. The molecule has 0 saturated carbocycles. The van der Waals surface area contributed by atoms with E-state index < -0.39 is 12.1 Å². The summed E-state index contributed by atoms with van der Waals surface area (Å²) < 4.78 is 16.6. The average Bonchev–Trinajstić information content (AvgIpc) is 3.24. The fourth-order valence-corrected chi connectivity index (χ4v) is 6.42. The Kier molecular flexibility index (Phi) is 45.5. The van der Waals surface area contributed by atoms with Crippen molar-refractivity contribution < 1.29 is 28.6 Å². The first kappa shape index (κ1) is 56.6. The highest BCUT2D eigenvalue weighted by molar-refractivity contribution is 5.71. The normalized spacial score (nSPS) is 12.8. The Bertz CT molecular complexity index is 1190. The molecule has 0 aromatic heterocycles. The highest BCUT2D eigenvalue weighted by atomic mass is 16.6. The molecule has 0 aliphatic rings. The minimum atomic E-state index is -0.824. The van der Waals surface area contributed by atoms with E-state index in [1.54, 1.807) is 0 Å². The molecule has 0 bridgehead atoms. The van der Waals surface area contributed by atoms with Crippen LogP contribution in [0.25, 0.3) is 0 Å². The summed E-state index contributed by atoms with van der Waals surface area (Å²) in [5.41, 5.74) is 0. The van der Waals surface area contributed by atoms with Gasteiger partial charge in [0.1, 0.15) is 13.2 Å². The molecule has 0 radical (unpaired) electrons. The third-order valence-electron chi connectivity index (χ3n) is 10.1. The monoisotopic (exact) mass is 835 g/mol. The lowest BCUT2D eigenvalue weighted by Crippen LogP contribution is -2.30. The highest BCUT2D eigenvalue weighted by Crippen LogP contribution is 2.12. The van der Waals surface area contributed by atoms with Crippen LogP contribution >= 0.6 is 0 Å². The van der Waals surface area contributed by atoms with E-state index in [9.17, 15) is 14.4 Å². The number of hydrogen-bond donors (Lipinski definition) is 0. The van der Waals surface area contributed by atoms with Gasteiger partial charge in [-0.3, -0.25) is 14.4 Å². The van der Waals surface area contributed by atoms with Crippen LogP contribution in [-0.2, 0) is 28.6 Å². The topological polar surface area (TPSA) is 78.9 Å². The summed E-state index contributed by atoms with van der Waals surface area (Å²) in [4.78, 5) is 37.8. The van der Waals surface area contributed by atoms with Crippen LogP contribution in [0.15, 0.2) is 85.1 Å². The third-order valence-corrected chi connectivity index (χ3v) is 10.1. The average molecular weight is 835 g/mol. The van der Waals surface area contributed by atoms with Crippen LogP contribution in [0.4, 0.5) is 0 Å². The number of allylic oxidation sites excluding steroid dienone is 14. The van der Waals surface area contributed by atoms with Crippen LogP contribution in [0.3, 0.4) is 0 Å². The van der Waals surface area contributed by atoms with Gasteiger partial charge in [0.05, 0.1) is 0 Å². The van der Waals surface area contributed by atoms with E-state index in [-0.39, 0.29) is 31.6 Å². The molecular weight excluding hydrogens is 745 g/mol. The second kappa shape index (κ2) is 48.3. The Hall–Kier alpha value is -3.41. The molecule has 0 fully saturated rings. The van der Waals surface area contributed by atoms with Crippen molar-refractivity contribution in [3.8, 4) is 0 Å². The Labute approximate surface area is 369 Å². The maximum atomic E-state index is 12.7. The standard InChI is InChI=1S/C54H90O6/c1-4-7-10-13-16-19-22-25-26-27-28-30-32-35-38-41-44-47-53(56)59-50-51(49-58-52(55)46-43-40-37-34-31-24-21-18-15-12-9-6-3)60-54(57)48-45-42-39-36-33-29-23-20-17-14-11-8-5-2/h9,12,16,18-19,21,25-26,29,31,33-34,39,42,51H,4-8,10-11,13-15,17,20,22-24,27-28,30,32,35-38,40-41,43-50H2,1-3H3/b12-9-,19-16-,21-18-,26-25-,33-29-,34-31-,42-39-. The lowest BCUT2D eigenvalue weighted by atomic mass is 10.1. The Morgan fingerprint density at radius 1 is 0.350 bits per heavy atom. The van der Waals surface area contributed by atoms with Crippen LogP contribution in [0.5, 0.6) is 0 Å². The summed E-state index contributed by atoms with van der Waals surface area (Å²) in [6.07, 6.45) is 61.5. The molecular formula is C54H90O6. The van der Waals surface area contributed by atoms with Gasteiger partial charge in [-0.15, -0.1) is 0 Å². The van der Waals surface area contributed by atoms with Crippen molar-refractivity contribution in [2.24, 2.45) is 0 Å². The predicted octanol–water partition coefficient (Wildman–Crippen LogP) is 16.0. The maximum absolute atomic E-state index is 12.7. The van der Waals surface area contributed by atoms with Crippen molar-refractivity contribution in [1.29, 1.82) is 0 Å². The van der Waals surface area contributed by atoms with Crippen molar-refractivity contribution in [3.05, 3.63) is 85.1 Å². The fourth-order valence-electron chi connectivity index (χ4n) is 6.42. The predicted molar refractivity (Wildman–Crippen MR) is 256 cm³/mol. The largest absolute Gasteiger partial charge is 0.462 e. The number of unbranched alkanes of at least 4 members (excludes halogenated alkanes) is 18. The zero-order valence-electron chi connectivity index (χ0n) is 38.9. The van der Waals surface area contributed by atoms with Crippen LogP contribution in [0, 0.1) is 0 Å². The van der Waals surface area contributed by atoms with E-state index >= 15 is 0 Å². The van der Waals surface area contributed by atoms with Crippen molar-refractivity contribution in [1.82, 2.24) is 0 Å². The van der Waals surface area contributed by atoms with Crippen LogP contribution in [-0.4, -0.2) is 37.2 Å². The van der Waals surface area contributed by atoms with Gasteiger partial charge < -0.3 is 14.2 Å². The van der Waals surface area contributed by atoms with Gasteiger partial charge in [0.25, 0.3) is 0 Å². The van der Waals surface area contributed by atoms with E-state index in [4.69, 9.17) is 14.2 Å². The molecule has 0 heterocycles. The number of rotatable bonds is 43. The van der Waals surface area contributed by atoms with E-state index in [0.29, 0.717) is 19.3 Å². The van der Waals surface area contributed by atoms with E-state index in [0.717, 1.165) is 83.5 Å². The Morgan fingerprint density at radius 3 is 1.15 bits per heavy atom.